The van der Waals surface area contributed by atoms with Crippen molar-refractivity contribution < 1.29 is 4.74 Å². The van der Waals surface area contributed by atoms with Crippen LogP contribution in [0.25, 0.3) is 0 Å². The molecule has 0 radical (unpaired) electrons. The zero-order chi connectivity index (χ0) is 13.1. The molecule has 0 amide bonds. The molecule has 0 atom stereocenters. The lowest BCUT2D eigenvalue weighted by atomic mass is 10.2. The monoisotopic (exact) mass is 370 g/mol. The Balaban J connectivity index is 2.33. The van der Waals surface area contributed by atoms with Crippen molar-refractivity contribution in [3.8, 4) is 11.6 Å². The Morgan fingerprint density at radius 2 is 2.06 bits per heavy atom. The lowest BCUT2D eigenvalue weighted by Crippen LogP contribution is -2.01. The van der Waals surface area contributed by atoms with Gasteiger partial charge in [-0.15, -0.1) is 0 Å². The molecule has 94 valence electrons. The van der Waals surface area contributed by atoms with E-state index in [1.54, 1.807) is 6.20 Å². The maximum Gasteiger partial charge on any atom is 0.223 e. The molecule has 0 spiro atoms. The van der Waals surface area contributed by atoms with Crippen molar-refractivity contribution in [3.05, 3.63) is 50.5 Å². The molecule has 0 aliphatic heterocycles. The molecule has 1 heterocycles. The van der Waals surface area contributed by atoms with E-state index in [1.165, 1.54) is 0 Å². The zero-order valence-electron chi connectivity index (χ0n) is 9.78. The third-order valence-corrected chi connectivity index (χ3v) is 3.46. The third-order valence-electron chi connectivity index (χ3n) is 2.41. The Morgan fingerprint density at radius 3 is 2.72 bits per heavy atom. The van der Waals surface area contributed by atoms with Gasteiger partial charge < -0.3 is 10.5 Å². The topological polar surface area (TPSA) is 48.1 Å². The zero-order valence-corrected chi connectivity index (χ0v) is 13.0. The van der Waals surface area contributed by atoms with Gasteiger partial charge in [-0.1, -0.05) is 6.07 Å². The number of hydrogen-bond acceptors (Lipinski definition) is 3. The molecule has 5 heteroatoms. The van der Waals surface area contributed by atoms with Crippen LogP contribution in [0.5, 0.6) is 11.6 Å². The number of pyridine rings is 1. The molecule has 0 saturated heterocycles. The Bertz CT molecular complexity index is 573. The van der Waals surface area contributed by atoms with Crippen molar-refractivity contribution in [2.75, 3.05) is 0 Å². The van der Waals surface area contributed by atoms with Gasteiger partial charge >= 0.3 is 0 Å². The molecule has 0 saturated carbocycles. The number of nitrogens with zero attached hydrogens (tertiary/aromatic N) is 1. The van der Waals surface area contributed by atoms with Crippen LogP contribution in [0.2, 0.25) is 0 Å². The number of nitrogens with two attached hydrogens (primary N) is 1. The summed E-state index contributed by atoms with van der Waals surface area (Å²) in [7, 11) is 0. The summed E-state index contributed by atoms with van der Waals surface area (Å²) in [6, 6.07) is 7.80. The first-order valence-corrected chi connectivity index (χ1v) is 6.97. The van der Waals surface area contributed by atoms with Crippen LogP contribution in [0.4, 0.5) is 0 Å². The second-order valence-electron chi connectivity index (χ2n) is 3.86. The second kappa shape index (κ2) is 5.82. The largest absolute Gasteiger partial charge is 0.438 e. The van der Waals surface area contributed by atoms with Crippen LogP contribution >= 0.6 is 31.9 Å². The van der Waals surface area contributed by atoms with Gasteiger partial charge in [0.25, 0.3) is 0 Å². The molecular weight excluding hydrogens is 360 g/mol. The number of aryl methyl sites for hydroxylation is 1. The number of ether oxygens (including phenoxy) is 1. The van der Waals surface area contributed by atoms with Crippen molar-refractivity contribution >= 4 is 31.9 Å². The second-order valence-corrected chi connectivity index (χ2v) is 5.63. The van der Waals surface area contributed by atoms with Gasteiger partial charge in [0.05, 0.1) is 4.47 Å². The van der Waals surface area contributed by atoms with Crippen molar-refractivity contribution in [2.45, 2.75) is 13.5 Å². The highest BCUT2D eigenvalue weighted by Crippen LogP contribution is 2.31. The third kappa shape index (κ3) is 3.10. The minimum Gasteiger partial charge on any atom is -0.438 e. The van der Waals surface area contributed by atoms with E-state index in [0.29, 0.717) is 12.4 Å². The van der Waals surface area contributed by atoms with Crippen LogP contribution in [0.1, 0.15) is 11.1 Å². The first kappa shape index (κ1) is 13.5. The molecule has 0 aliphatic rings. The highest BCUT2D eigenvalue weighted by Gasteiger charge is 2.08. The summed E-state index contributed by atoms with van der Waals surface area (Å²) >= 11 is 6.84. The molecule has 2 aromatic rings. The Hall–Kier alpha value is -0.910. The standard InChI is InChI=1S/C13H12Br2N2O/c1-8-2-3-12(11(15)4-8)18-13-9(6-16)5-10(14)7-17-13/h2-5,7H,6,16H2,1H3. The van der Waals surface area contributed by atoms with Crippen LogP contribution in [0, 0.1) is 6.92 Å². The van der Waals surface area contributed by atoms with Gasteiger partial charge in [-0.05, 0) is 62.5 Å². The average molecular weight is 372 g/mol. The number of hydrogen-bond donors (Lipinski definition) is 1. The van der Waals surface area contributed by atoms with E-state index in [0.717, 1.165) is 25.8 Å². The van der Waals surface area contributed by atoms with Gasteiger partial charge in [0, 0.05) is 22.8 Å². The first-order chi connectivity index (χ1) is 8.60. The summed E-state index contributed by atoms with van der Waals surface area (Å²) in [6.07, 6.45) is 1.69. The molecule has 2 rings (SSSR count). The van der Waals surface area contributed by atoms with Gasteiger partial charge in [0.1, 0.15) is 5.75 Å². The van der Waals surface area contributed by atoms with Crippen molar-refractivity contribution in [2.24, 2.45) is 5.73 Å². The summed E-state index contributed by atoms with van der Waals surface area (Å²) < 4.78 is 7.57. The number of benzene rings is 1. The van der Waals surface area contributed by atoms with Gasteiger partial charge in [-0.25, -0.2) is 4.98 Å². The van der Waals surface area contributed by atoms with E-state index in [9.17, 15) is 0 Å². The molecule has 0 bridgehead atoms. The number of halogens is 2. The van der Waals surface area contributed by atoms with Crippen LogP contribution in [0.15, 0.2) is 39.4 Å². The van der Waals surface area contributed by atoms with E-state index in [1.807, 2.05) is 31.2 Å². The molecule has 0 unspecified atom stereocenters. The maximum absolute atomic E-state index is 5.78. The lowest BCUT2D eigenvalue weighted by molar-refractivity contribution is 0.453. The maximum atomic E-state index is 5.78. The smallest absolute Gasteiger partial charge is 0.223 e. The van der Waals surface area contributed by atoms with Crippen LogP contribution in [-0.2, 0) is 6.54 Å². The minimum atomic E-state index is 0.380. The Kier molecular flexibility index (Phi) is 4.37. The predicted molar refractivity (Wildman–Crippen MR) is 78.8 cm³/mol. The summed E-state index contributed by atoms with van der Waals surface area (Å²) in [5.74, 6) is 1.26. The molecule has 3 nitrogen and oxygen atoms in total. The fourth-order valence-electron chi connectivity index (χ4n) is 1.50. The summed E-state index contributed by atoms with van der Waals surface area (Å²) in [4.78, 5) is 4.24. The van der Waals surface area contributed by atoms with Gasteiger partial charge in [-0.2, -0.15) is 0 Å². The fourth-order valence-corrected chi connectivity index (χ4v) is 2.45. The number of rotatable bonds is 3. The normalized spacial score (nSPS) is 10.4. The number of aromatic nitrogens is 1. The molecule has 18 heavy (non-hydrogen) atoms. The van der Waals surface area contributed by atoms with Crippen LogP contribution < -0.4 is 10.5 Å². The average Bonchev–Trinajstić information content (AvgIpc) is 2.34. The molecule has 1 aromatic carbocycles. The first-order valence-electron chi connectivity index (χ1n) is 5.38. The van der Waals surface area contributed by atoms with Gasteiger partial charge in [0.2, 0.25) is 5.88 Å². The van der Waals surface area contributed by atoms with E-state index in [4.69, 9.17) is 10.5 Å². The molecular formula is C13H12Br2N2O. The van der Waals surface area contributed by atoms with Crippen molar-refractivity contribution in [1.29, 1.82) is 0 Å². The van der Waals surface area contributed by atoms with Gasteiger partial charge in [-0.3, -0.25) is 0 Å². The van der Waals surface area contributed by atoms with Crippen LogP contribution in [-0.4, -0.2) is 4.98 Å². The summed E-state index contributed by atoms with van der Waals surface area (Å²) in [5, 5.41) is 0. The van der Waals surface area contributed by atoms with Gasteiger partial charge in [0.15, 0.2) is 0 Å². The fraction of sp³-hybridized carbons (Fsp3) is 0.154. The molecule has 2 N–H and O–H groups in total. The summed E-state index contributed by atoms with van der Waals surface area (Å²) in [6.45, 7) is 2.41. The van der Waals surface area contributed by atoms with E-state index in [2.05, 4.69) is 36.8 Å². The lowest BCUT2D eigenvalue weighted by Gasteiger charge is -2.10. The van der Waals surface area contributed by atoms with E-state index in [-0.39, 0.29) is 0 Å². The quantitative estimate of drug-likeness (QED) is 0.880. The van der Waals surface area contributed by atoms with Crippen LogP contribution in [0.3, 0.4) is 0 Å². The predicted octanol–water partition coefficient (Wildman–Crippen LogP) is 4.17. The summed E-state index contributed by atoms with van der Waals surface area (Å²) in [5.41, 5.74) is 7.70. The Morgan fingerprint density at radius 1 is 1.28 bits per heavy atom. The van der Waals surface area contributed by atoms with Crippen molar-refractivity contribution in [3.63, 3.8) is 0 Å². The van der Waals surface area contributed by atoms with E-state index >= 15 is 0 Å². The van der Waals surface area contributed by atoms with Crippen molar-refractivity contribution in [1.82, 2.24) is 4.98 Å². The highest BCUT2D eigenvalue weighted by atomic mass is 79.9. The Labute approximate surface area is 123 Å². The molecule has 0 fully saturated rings. The highest BCUT2D eigenvalue weighted by molar-refractivity contribution is 9.10. The minimum absolute atomic E-state index is 0.380. The SMILES string of the molecule is Cc1ccc(Oc2ncc(Br)cc2CN)c(Br)c1. The molecule has 0 aliphatic carbocycles. The molecule has 1 aromatic heterocycles. The van der Waals surface area contributed by atoms with E-state index < -0.39 is 0 Å².